The van der Waals surface area contributed by atoms with Crippen molar-refractivity contribution in [3.8, 4) is 0 Å². The van der Waals surface area contributed by atoms with E-state index in [0.717, 1.165) is 24.5 Å². The maximum Gasteiger partial charge on any atom is 0.251 e. The first-order chi connectivity index (χ1) is 11.6. The second-order valence-corrected chi connectivity index (χ2v) is 5.77. The molecule has 0 bridgehead atoms. The predicted octanol–water partition coefficient (Wildman–Crippen LogP) is 2.30. The Kier molecular flexibility index (Phi) is 5.05. The van der Waals surface area contributed by atoms with E-state index in [9.17, 15) is 9.18 Å². The smallest absolute Gasteiger partial charge is 0.251 e. The number of pyridine rings is 1. The normalized spacial score (nSPS) is 14.5. The number of benzene rings is 1. The molecule has 24 heavy (non-hydrogen) atoms. The number of rotatable bonds is 4. The van der Waals surface area contributed by atoms with Gasteiger partial charge in [0.15, 0.2) is 0 Å². The van der Waals surface area contributed by atoms with Crippen LogP contribution in [0.2, 0.25) is 0 Å². The summed E-state index contributed by atoms with van der Waals surface area (Å²) in [5, 5.41) is 2.78. The van der Waals surface area contributed by atoms with Gasteiger partial charge in [-0.2, -0.15) is 0 Å². The second-order valence-electron chi connectivity index (χ2n) is 5.77. The topological polar surface area (TPSA) is 54.5 Å². The van der Waals surface area contributed by atoms with Gasteiger partial charge in [0.2, 0.25) is 0 Å². The molecule has 5 nitrogen and oxygen atoms in total. The summed E-state index contributed by atoms with van der Waals surface area (Å²) in [5.41, 5.74) is 1.73. The number of carbonyl (C=O) groups excluding carboxylic acids is 1. The second kappa shape index (κ2) is 7.40. The highest BCUT2D eigenvalue weighted by atomic mass is 19.1. The summed E-state index contributed by atoms with van der Waals surface area (Å²) in [4.78, 5) is 18.7. The van der Waals surface area contributed by atoms with Crippen molar-refractivity contribution in [2.24, 2.45) is 0 Å². The van der Waals surface area contributed by atoms with Crippen LogP contribution >= 0.6 is 0 Å². The van der Waals surface area contributed by atoms with Crippen LogP contribution in [0.15, 0.2) is 36.5 Å². The molecule has 1 fully saturated rings. The number of nitrogens with zero attached hydrogens (tertiary/aromatic N) is 2. The van der Waals surface area contributed by atoms with Crippen molar-refractivity contribution in [1.82, 2.24) is 10.3 Å². The van der Waals surface area contributed by atoms with Crippen LogP contribution in [0.4, 0.5) is 10.2 Å². The molecule has 0 aliphatic carbocycles. The summed E-state index contributed by atoms with van der Waals surface area (Å²) in [6.45, 7) is 5.12. The maximum absolute atomic E-state index is 13.5. The molecule has 0 saturated carbocycles. The van der Waals surface area contributed by atoms with E-state index in [-0.39, 0.29) is 11.7 Å². The zero-order valence-corrected chi connectivity index (χ0v) is 13.6. The quantitative estimate of drug-likeness (QED) is 0.935. The van der Waals surface area contributed by atoms with Crippen molar-refractivity contribution in [3.63, 3.8) is 0 Å². The minimum Gasteiger partial charge on any atom is -0.378 e. The molecule has 1 amide bonds. The van der Waals surface area contributed by atoms with Crippen LogP contribution in [0, 0.1) is 12.7 Å². The zero-order valence-electron chi connectivity index (χ0n) is 13.6. The van der Waals surface area contributed by atoms with Gasteiger partial charge in [0, 0.05) is 31.4 Å². The number of anilines is 1. The molecule has 1 aromatic carbocycles. The third kappa shape index (κ3) is 3.89. The minimum atomic E-state index is -0.376. The molecule has 0 atom stereocenters. The summed E-state index contributed by atoms with van der Waals surface area (Å²) in [6, 6.07) is 8.35. The van der Waals surface area contributed by atoms with Crippen LogP contribution < -0.4 is 10.2 Å². The molecule has 2 aromatic rings. The number of carbonyl (C=O) groups is 1. The van der Waals surface area contributed by atoms with Gasteiger partial charge in [-0.25, -0.2) is 9.37 Å². The van der Waals surface area contributed by atoms with Crippen molar-refractivity contribution < 1.29 is 13.9 Å². The van der Waals surface area contributed by atoms with Gasteiger partial charge in [-0.3, -0.25) is 4.79 Å². The first kappa shape index (κ1) is 16.4. The number of hydrogen-bond acceptors (Lipinski definition) is 4. The largest absolute Gasteiger partial charge is 0.378 e. The number of amides is 1. The predicted molar refractivity (Wildman–Crippen MR) is 89.6 cm³/mol. The highest BCUT2D eigenvalue weighted by Gasteiger charge is 2.12. The number of halogens is 1. The average Bonchev–Trinajstić information content (AvgIpc) is 2.63. The molecule has 0 unspecified atom stereocenters. The van der Waals surface area contributed by atoms with Gasteiger partial charge in [0.05, 0.1) is 13.2 Å². The molecule has 0 radical (unpaired) electrons. The van der Waals surface area contributed by atoms with Crippen molar-refractivity contribution in [2.75, 3.05) is 31.2 Å². The minimum absolute atomic E-state index is 0.300. The Morgan fingerprint density at radius 2 is 2.08 bits per heavy atom. The monoisotopic (exact) mass is 329 g/mol. The average molecular weight is 329 g/mol. The van der Waals surface area contributed by atoms with Gasteiger partial charge in [-0.05, 0) is 36.2 Å². The van der Waals surface area contributed by atoms with Crippen molar-refractivity contribution in [2.45, 2.75) is 13.5 Å². The standard InChI is InChI=1S/C18H20FN3O2/c1-13-2-4-15(10-16(13)19)18(23)21-12-14-3-5-17(20-11-14)22-6-8-24-9-7-22/h2-5,10-11H,6-9,12H2,1H3,(H,21,23). The summed E-state index contributed by atoms with van der Waals surface area (Å²) < 4.78 is 18.8. The lowest BCUT2D eigenvalue weighted by Gasteiger charge is -2.27. The summed E-state index contributed by atoms with van der Waals surface area (Å²) in [7, 11) is 0. The lowest BCUT2D eigenvalue weighted by molar-refractivity contribution is 0.0950. The first-order valence-corrected chi connectivity index (χ1v) is 7.95. The third-order valence-corrected chi connectivity index (χ3v) is 4.03. The Bertz CT molecular complexity index is 713. The van der Waals surface area contributed by atoms with Gasteiger partial charge >= 0.3 is 0 Å². The van der Waals surface area contributed by atoms with Crippen LogP contribution in [-0.4, -0.2) is 37.2 Å². The maximum atomic E-state index is 13.5. The van der Waals surface area contributed by atoms with Crippen LogP contribution in [0.25, 0.3) is 0 Å². The number of ether oxygens (including phenoxy) is 1. The molecule has 2 heterocycles. The molecule has 1 aliphatic rings. The Hall–Kier alpha value is -2.47. The van der Waals surface area contributed by atoms with Crippen molar-refractivity contribution in [1.29, 1.82) is 0 Å². The molecule has 1 N–H and O–H groups in total. The van der Waals surface area contributed by atoms with Crippen LogP contribution in [0.1, 0.15) is 21.5 Å². The molecular weight excluding hydrogens is 309 g/mol. The highest BCUT2D eigenvalue weighted by Crippen LogP contribution is 2.13. The lowest BCUT2D eigenvalue weighted by atomic mass is 10.1. The Morgan fingerprint density at radius 1 is 1.29 bits per heavy atom. The summed E-state index contributed by atoms with van der Waals surface area (Å²) in [5.74, 6) is 0.235. The number of nitrogens with one attached hydrogen (secondary N) is 1. The van der Waals surface area contributed by atoms with Crippen LogP contribution in [0.3, 0.4) is 0 Å². The van der Waals surface area contributed by atoms with Crippen LogP contribution in [0.5, 0.6) is 0 Å². The van der Waals surface area contributed by atoms with E-state index < -0.39 is 0 Å². The Balaban J connectivity index is 1.57. The van der Waals surface area contributed by atoms with E-state index in [4.69, 9.17) is 4.74 Å². The lowest BCUT2D eigenvalue weighted by Crippen LogP contribution is -2.36. The Labute approximate surface area is 140 Å². The number of morpholine rings is 1. The van der Waals surface area contributed by atoms with Crippen molar-refractivity contribution in [3.05, 3.63) is 59.0 Å². The first-order valence-electron chi connectivity index (χ1n) is 7.95. The van der Waals surface area contributed by atoms with Crippen molar-refractivity contribution >= 4 is 11.7 Å². The summed E-state index contributed by atoms with van der Waals surface area (Å²) >= 11 is 0. The molecule has 126 valence electrons. The van der Waals surface area contributed by atoms with Crippen LogP contribution in [-0.2, 0) is 11.3 Å². The third-order valence-electron chi connectivity index (χ3n) is 4.03. The molecular formula is C18H20FN3O2. The number of hydrogen-bond donors (Lipinski definition) is 1. The van der Waals surface area contributed by atoms with Gasteiger partial charge in [-0.15, -0.1) is 0 Å². The van der Waals surface area contributed by atoms with E-state index >= 15 is 0 Å². The highest BCUT2D eigenvalue weighted by molar-refractivity contribution is 5.94. The number of aryl methyl sites for hydroxylation is 1. The van der Waals surface area contributed by atoms with Gasteiger partial charge in [-0.1, -0.05) is 12.1 Å². The molecule has 6 heteroatoms. The number of aromatic nitrogens is 1. The SMILES string of the molecule is Cc1ccc(C(=O)NCc2ccc(N3CCOCC3)nc2)cc1F. The zero-order chi connectivity index (χ0) is 16.9. The van der Waals surface area contributed by atoms with E-state index in [2.05, 4.69) is 15.2 Å². The molecule has 3 rings (SSSR count). The molecule has 1 aliphatic heterocycles. The fourth-order valence-electron chi connectivity index (χ4n) is 2.52. The fraction of sp³-hybridized carbons (Fsp3) is 0.333. The van der Waals surface area contributed by atoms with Gasteiger partial charge < -0.3 is 15.0 Å². The van der Waals surface area contributed by atoms with Gasteiger partial charge in [0.25, 0.3) is 5.91 Å². The van der Waals surface area contributed by atoms with E-state index in [1.807, 2.05) is 12.1 Å². The van der Waals surface area contributed by atoms with Gasteiger partial charge in [0.1, 0.15) is 11.6 Å². The molecule has 1 aromatic heterocycles. The van der Waals surface area contributed by atoms with E-state index in [1.165, 1.54) is 6.07 Å². The summed E-state index contributed by atoms with van der Waals surface area (Å²) in [6.07, 6.45) is 1.75. The fourth-order valence-corrected chi connectivity index (χ4v) is 2.52. The molecule has 1 saturated heterocycles. The Morgan fingerprint density at radius 3 is 2.75 bits per heavy atom. The molecule has 0 spiro atoms. The van der Waals surface area contributed by atoms with E-state index in [1.54, 1.807) is 25.3 Å². The van der Waals surface area contributed by atoms with E-state index in [0.29, 0.717) is 30.9 Å².